The molecule has 0 saturated heterocycles. The van der Waals surface area contributed by atoms with E-state index in [0.717, 1.165) is 0 Å². The van der Waals surface area contributed by atoms with Crippen molar-refractivity contribution in [2.75, 3.05) is 0 Å². The molecule has 1 aromatic heterocycles. The monoisotopic (exact) mass is 174 g/mol. The molecule has 5 heteroatoms. The summed E-state index contributed by atoms with van der Waals surface area (Å²) in [6, 6.07) is 9.37. The number of benzene rings is 1. The summed E-state index contributed by atoms with van der Waals surface area (Å²) < 4.78 is 5.23. The van der Waals surface area contributed by atoms with E-state index >= 15 is 0 Å². The number of hydrogen-bond acceptors (Lipinski definition) is 5. The summed E-state index contributed by atoms with van der Waals surface area (Å²) >= 11 is 0. The van der Waals surface area contributed by atoms with Gasteiger partial charge in [0.1, 0.15) is 5.75 Å². The van der Waals surface area contributed by atoms with Gasteiger partial charge in [-0.05, 0) is 12.1 Å². The number of hydrogen-bond donors (Lipinski definition) is 0. The molecule has 0 atom stereocenters. The molecule has 5 nitrogen and oxygen atoms in total. The van der Waals surface area contributed by atoms with Gasteiger partial charge in [0.25, 0.3) is 0 Å². The Morgan fingerprint density at radius 3 is 2.31 bits per heavy atom. The first-order valence-corrected chi connectivity index (χ1v) is 3.68. The maximum atomic E-state index is 5.23. The molecule has 13 heavy (non-hydrogen) atoms. The highest BCUT2D eigenvalue weighted by Gasteiger charge is 1.97. The van der Waals surface area contributed by atoms with Crippen molar-refractivity contribution in [1.82, 2.24) is 20.4 Å². The number of para-hydroxylation sites is 1. The zero-order valence-electron chi connectivity index (χ0n) is 6.66. The third kappa shape index (κ3) is 1.96. The molecule has 2 rings (SSSR count). The van der Waals surface area contributed by atoms with Gasteiger partial charge in [-0.15, -0.1) is 10.2 Å². The average molecular weight is 174 g/mol. The van der Waals surface area contributed by atoms with Crippen molar-refractivity contribution in [2.24, 2.45) is 0 Å². The summed E-state index contributed by atoms with van der Waals surface area (Å²) in [6.45, 7) is 0. The first-order valence-electron chi connectivity index (χ1n) is 3.68. The normalized spacial score (nSPS) is 9.54. The lowest BCUT2D eigenvalue weighted by Gasteiger charge is -1.99. The number of rotatable bonds is 2. The highest BCUT2D eigenvalue weighted by atomic mass is 16.5. The summed E-state index contributed by atoms with van der Waals surface area (Å²) in [4.78, 5) is 0. The quantitative estimate of drug-likeness (QED) is 0.681. The number of aromatic nitrogens is 4. The minimum absolute atomic E-state index is 0.147. The van der Waals surface area contributed by atoms with E-state index in [4.69, 9.17) is 4.74 Å². The molecule has 64 valence electrons. The summed E-state index contributed by atoms with van der Waals surface area (Å²) in [5, 5.41) is 14.3. The van der Waals surface area contributed by atoms with E-state index in [9.17, 15) is 0 Å². The Balaban J connectivity index is 2.16. The molecule has 0 aliphatic rings. The Kier molecular flexibility index (Phi) is 2.09. The van der Waals surface area contributed by atoms with E-state index < -0.39 is 0 Å². The standard InChI is InChI=1S/C8H6N4O/c1-2-4-7(5-3-1)13-8-11-9-6-10-12-8/h1-6H. The Hall–Kier alpha value is -2.04. The number of ether oxygens (including phenoxy) is 1. The van der Waals surface area contributed by atoms with Gasteiger partial charge in [-0.1, -0.05) is 28.4 Å². The molecule has 0 amide bonds. The van der Waals surface area contributed by atoms with E-state index in [2.05, 4.69) is 20.4 Å². The van der Waals surface area contributed by atoms with Crippen LogP contribution in [0.4, 0.5) is 0 Å². The Morgan fingerprint density at radius 1 is 0.923 bits per heavy atom. The molecule has 1 aromatic carbocycles. The second-order valence-corrected chi connectivity index (χ2v) is 2.24. The molecule has 0 spiro atoms. The molecule has 0 aliphatic carbocycles. The van der Waals surface area contributed by atoms with Gasteiger partial charge in [0, 0.05) is 0 Å². The van der Waals surface area contributed by atoms with Crippen LogP contribution in [0.25, 0.3) is 0 Å². The fourth-order valence-corrected chi connectivity index (χ4v) is 0.828. The van der Waals surface area contributed by atoms with Gasteiger partial charge in [0.05, 0.1) is 0 Å². The van der Waals surface area contributed by atoms with Gasteiger partial charge >= 0.3 is 6.01 Å². The molecule has 0 aliphatic heterocycles. The summed E-state index contributed by atoms with van der Waals surface area (Å²) in [7, 11) is 0. The Morgan fingerprint density at radius 2 is 1.62 bits per heavy atom. The molecule has 0 radical (unpaired) electrons. The number of nitrogens with zero attached hydrogens (tertiary/aromatic N) is 4. The fraction of sp³-hybridized carbons (Fsp3) is 0. The zero-order chi connectivity index (χ0) is 8.93. The van der Waals surface area contributed by atoms with E-state index in [0.29, 0.717) is 5.75 Å². The summed E-state index contributed by atoms with van der Waals surface area (Å²) in [6.07, 6.45) is 1.25. The van der Waals surface area contributed by atoms with Crippen molar-refractivity contribution >= 4 is 0 Å². The SMILES string of the molecule is c1ccc(Oc2nncnn2)cc1. The molecule has 0 unspecified atom stereocenters. The van der Waals surface area contributed by atoms with Gasteiger partial charge in [-0.2, -0.15) is 0 Å². The first kappa shape index (κ1) is 7.60. The zero-order valence-corrected chi connectivity index (χ0v) is 6.66. The highest BCUT2D eigenvalue weighted by Crippen LogP contribution is 2.14. The second kappa shape index (κ2) is 3.57. The predicted octanol–water partition coefficient (Wildman–Crippen LogP) is 1.06. The molecule has 0 bridgehead atoms. The molecular formula is C8H6N4O. The van der Waals surface area contributed by atoms with Crippen molar-refractivity contribution in [2.45, 2.75) is 0 Å². The first-order chi connectivity index (χ1) is 6.45. The van der Waals surface area contributed by atoms with E-state index in [1.807, 2.05) is 18.2 Å². The van der Waals surface area contributed by atoms with E-state index in [1.54, 1.807) is 12.1 Å². The Labute approximate surface area is 74.4 Å². The van der Waals surface area contributed by atoms with Crippen LogP contribution in [-0.4, -0.2) is 20.4 Å². The van der Waals surface area contributed by atoms with Crippen LogP contribution < -0.4 is 4.74 Å². The summed E-state index contributed by atoms with van der Waals surface area (Å²) in [5.74, 6) is 0.664. The summed E-state index contributed by atoms with van der Waals surface area (Å²) in [5.41, 5.74) is 0. The van der Waals surface area contributed by atoms with Gasteiger partial charge in [-0.3, -0.25) is 0 Å². The van der Waals surface area contributed by atoms with E-state index in [1.165, 1.54) is 6.33 Å². The molecule has 0 saturated carbocycles. The third-order valence-electron chi connectivity index (χ3n) is 1.34. The maximum absolute atomic E-state index is 5.23. The van der Waals surface area contributed by atoms with Crippen LogP contribution >= 0.6 is 0 Å². The van der Waals surface area contributed by atoms with Crippen LogP contribution in [-0.2, 0) is 0 Å². The van der Waals surface area contributed by atoms with Crippen molar-refractivity contribution in [3.05, 3.63) is 36.7 Å². The van der Waals surface area contributed by atoms with Gasteiger partial charge in [0.15, 0.2) is 6.33 Å². The van der Waals surface area contributed by atoms with Crippen LogP contribution in [0.3, 0.4) is 0 Å². The lowest BCUT2D eigenvalue weighted by Crippen LogP contribution is -1.94. The maximum Gasteiger partial charge on any atom is 0.360 e. The molecule has 0 fully saturated rings. The van der Waals surface area contributed by atoms with Crippen LogP contribution in [0.2, 0.25) is 0 Å². The molecular weight excluding hydrogens is 168 g/mol. The lowest BCUT2D eigenvalue weighted by molar-refractivity contribution is 0.423. The van der Waals surface area contributed by atoms with Gasteiger partial charge in [0.2, 0.25) is 0 Å². The second-order valence-electron chi connectivity index (χ2n) is 2.24. The van der Waals surface area contributed by atoms with Crippen LogP contribution in [0.15, 0.2) is 36.7 Å². The van der Waals surface area contributed by atoms with Crippen LogP contribution in [0.1, 0.15) is 0 Å². The van der Waals surface area contributed by atoms with Crippen molar-refractivity contribution in [3.63, 3.8) is 0 Å². The van der Waals surface area contributed by atoms with Crippen LogP contribution in [0, 0.1) is 0 Å². The highest BCUT2D eigenvalue weighted by molar-refractivity contribution is 5.23. The smallest absolute Gasteiger partial charge is 0.360 e. The lowest BCUT2D eigenvalue weighted by atomic mass is 10.3. The minimum atomic E-state index is 0.147. The third-order valence-corrected chi connectivity index (χ3v) is 1.34. The van der Waals surface area contributed by atoms with Crippen molar-refractivity contribution < 1.29 is 4.74 Å². The Bertz CT molecular complexity index is 327. The fourth-order valence-electron chi connectivity index (χ4n) is 0.828. The van der Waals surface area contributed by atoms with E-state index in [-0.39, 0.29) is 6.01 Å². The van der Waals surface area contributed by atoms with Gasteiger partial charge < -0.3 is 4.74 Å². The van der Waals surface area contributed by atoms with Crippen LogP contribution in [0.5, 0.6) is 11.8 Å². The topological polar surface area (TPSA) is 60.8 Å². The predicted molar refractivity (Wildman–Crippen MR) is 44.1 cm³/mol. The molecule has 0 N–H and O–H groups in total. The van der Waals surface area contributed by atoms with Crippen molar-refractivity contribution in [3.8, 4) is 11.8 Å². The molecule has 1 heterocycles. The average Bonchev–Trinajstić information content (AvgIpc) is 2.21. The van der Waals surface area contributed by atoms with Gasteiger partial charge in [-0.25, -0.2) is 0 Å². The minimum Gasteiger partial charge on any atom is -0.422 e. The largest absolute Gasteiger partial charge is 0.422 e. The molecule has 2 aromatic rings. The van der Waals surface area contributed by atoms with Crippen molar-refractivity contribution in [1.29, 1.82) is 0 Å².